The van der Waals surface area contributed by atoms with Crippen molar-refractivity contribution in [1.29, 1.82) is 0 Å². The highest BCUT2D eigenvalue weighted by Crippen LogP contribution is 2.35. The molecule has 39 heavy (non-hydrogen) atoms. The molecule has 0 radical (unpaired) electrons. The van der Waals surface area contributed by atoms with Gasteiger partial charge in [-0.3, -0.25) is 0 Å². The SMILES string of the molecule is C=CC=C.CCCOc1cc(F)c(/C=C/c2ccc(C(=O)Oc3cc(F)c(C(F)(F)F)c(F)c3)nc2)c(F)c1. The van der Waals surface area contributed by atoms with Gasteiger partial charge in [0.05, 0.1) is 6.61 Å². The summed E-state index contributed by atoms with van der Waals surface area (Å²) in [7, 11) is 0. The maximum Gasteiger partial charge on any atom is 0.422 e. The molecule has 2 aromatic carbocycles. The van der Waals surface area contributed by atoms with Crippen LogP contribution in [-0.4, -0.2) is 17.6 Å². The van der Waals surface area contributed by atoms with Crippen LogP contribution in [0.25, 0.3) is 12.2 Å². The summed E-state index contributed by atoms with van der Waals surface area (Å²) >= 11 is 0. The summed E-state index contributed by atoms with van der Waals surface area (Å²) in [4.78, 5) is 15.9. The second-order valence-corrected chi connectivity index (χ2v) is 7.58. The van der Waals surface area contributed by atoms with E-state index in [0.717, 1.165) is 30.5 Å². The van der Waals surface area contributed by atoms with Gasteiger partial charge < -0.3 is 9.47 Å². The quantitative estimate of drug-likeness (QED) is 0.122. The number of halogens is 7. The van der Waals surface area contributed by atoms with E-state index in [4.69, 9.17) is 9.47 Å². The summed E-state index contributed by atoms with van der Waals surface area (Å²) < 4.78 is 103. The van der Waals surface area contributed by atoms with Crippen molar-refractivity contribution in [3.05, 3.63) is 114 Å². The first-order valence-corrected chi connectivity index (χ1v) is 11.2. The molecule has 0 fully saturated rings. The second kappa shape index (κ2) is 13.9. The van der Waals surface area contributed by atoms with Crippen molar-refractivity contribution >= 4 is 18.1 Å². The highest BCUT2D eigenvalue weighted by Gasteiger charge is 2.38. The maximum atomic E-state index is 14.2. The first kappa shape index (κ1) is 30.8. The number of allylic oxidation sites excluding steroid dienone is 2. The molecule has 3 aromatic rings. The number of pyridine rings is 1. The van der Waals surface area contributed by atoms with E-state index in [1.54, 1.807) is 12.2 Å². The van der Waals surface area contributed by atoms with Gasteiger partial charge in [-0.05, 0) is 24.1 Å². The van der Waals surface area contributed by atoms with Crippen molar-refractivity contribution in [2.45, 2.75) is 19.5 Å². The number of hydrogen-bond acceptors (Lipinski definition) is 4. The van der Waals surface area contributed by atoms with Crippen molar-refractivity contribution < 1.29 is 45.0 Å². The molecule has 0 saturated heterocycles. The predicted octanol–water partition coefficient (Wildman–Crippen LogP) is 8.19. The number of rotatable bonds is 8. The molecule has 0 spiro atoms. The molecule has 3 rings (SSSR count). The van der Waals surface area contributed by atoms with Gasteiger partial charge in [0.15, 0.2) is 0 Å². The normalized spacial score (nSPS) is 11.0. The third-order valence-electron chi connectivity index (χ3n) is 4.64. The number of carbonyl (C=O) groups is 1. The van der Waals surface area contributed by atoms with Crippen molar-refractivity contribution in [3.8, 4) is 11.5 Å². The van der Waals surface area contributed by atoms with Gasteiger partial charge in [0.2, 0.25) is 0 Å². The van der Waals surface area contributed by atoms with Gasteiger partial charge in [-0.1, -0.05) is 44.4 Å². The summed E-state index contributed by atoms with van der Waals surface area (Å²) in [5.74, 6) is -7.53. The Balaban J connectivity index is 0.00000124. The average molecular weight is 553 g/mol. The Morgan fingerprint density at radius 1 is 0.897 bits per heavy atom. The fourth-order valence-electron chi connectivity index (χ4n) is 2.87. The summed E-state index contributed by atoms with van der Waals surface area (Å²) in [5, 5.41) is 0. The Hall–Kier alpha value is -4.41. The number of alkyl halides is 3. The lowest BCUT2D eigenvalue weighted by Gasteiger charge is -2.11. The molecule has 0 amide bonds. The highest BCUT2D eigenvalue weighted by molar-refractivity contribution is 5.89. The molecule has 1 aromatic heterocycles. The van der Waals surface area contributed by atoms with Gasteiger partial charge in [-0.2, -0.15) is 13.2 Å². The van der Waals surface area contributed by atoms with E-state index in [0.29, 0.717) is 18.6 Å². The van der Waals surface area contributed by atoms with Gasteiger partial charge in [0, 0.05) is 36.0 Å². The maximum absolute atomic E-state index is 14.2. The molecule has 0 saturated carbocycles. The Labute approximate surface area is 219 Å². The van der Waals surface area contributed by atoms with Gasteiger partial charge >= 0.3 is 12.1 Å². The summed E-state index contributed by atoms with van der Waals surface area (Å²) in [6, 6.07) is 5.02. The van der Waals surface area contributed by atoms with Crippen LogP contribution in [0, 0.1) is 23.3 Å². The van der Waals surface area contributed by atoms with E-state index in [1.165, 1.54) is 12.1 Å². The van der Waals surface area contributed by atoms with E-state index in [2.05, 4.69) is 18.1 Å². The van der Waals surface area contributed by atoms with Crippen molar-refractivity contribution in [3.63, 3.8) is 0 Å². The summed E-state index contributed by atoms with van der Waals surface area (Å²) in [5.41, 5.74) is -2.44. The number of carbonyl (C=O) groups excluding carboxylic acids is 1. The van der Waals surface area contributed by atoms with Crippen LogP contribution in [0.3, 0.4) is 0 Å². The lowest BCUT2D eigenvalue weighted by Crippen LogP contribution is -2.14. The molecule has 0 aliphatic carbocycles. The zero-order valence-electron chi connectivity index (χ0n) is 20.5. The molecule has 1 heterocycles. The van der Waals surface area contributed by atoms with Crippen LogP contribution in [-0.2, 0) is 6.18 Å². The third-order valence-corrected chi connectivity index (χ3v) is 4.64. The molecular formula is C28H22F7NO3. The highest BCUT2D eigenvalue weighted by atomic mass is 19.4. The average Bonchev–Trinajstić information content (AvgIpc) is 2.86. The first-order chi connectivity index (χ1) is 18.4. The fourth-order valence-corrected chi connectivity index (χ4v) is 2.87. The lowest BCUT2D eigenvalue weighted by molar-refractivity contribution is -0.142. The van der Waals surface area contributed by atoms with E-state index in [1.807, 2.05) is 6.92 Å². The standard InChI is InChI=1S/C24H16F7NO3.C4H6/c1-2-7-34-14-8-17(25)16(18(26)9-14)5-3-13-4-6-21(32-12-13)23(33)35-15-10-19(27)22(20(28)11-15)24(29,30)31;1-3-4-2/h3-6,8-12H,2,7H2,1H3;3-4H,1-2H2/b5-3+;. The molecule has 11 heteroatoms. The van der Waals surface area contributed by atoms with Gasteiger partial charge in [0.25, 0.3) is 0 Å². The molecule has 4 nitrogen and oxygen atoms in total. The molecule has 0 aliphatic rings. The number of hydrogen-bond donors (Lipinski definition) is 0. The topological polar surface area (TPSA) is 48.4 Å². The van der Waals surface area contributed by atoms with Crippen molar-refractivity contribution in [2.75, 3.05) is 6.61 Å². The van der Waals surface area contributed by atoms with Crippen LogP contribution in [0.1, 0.15) is 40.5 Å². The second-order valence-electron chi connectivity index (χ2n) is 7.58. The predicted molar refractivity (Wildman–Crippen MR) is 132 cm³/mol. The van der Waals surface area contributed by atoms with Crippen LogP contribution in [0.15, 0.2) is 67.9 Å². The zero-order valence-corrected chi connectivity index (χ0v) is 20.5. The number of nitrogens with zero attached hydrogens (tertiary/aromatic N) is 1. The molecule has 206 valence electrons. The van der Waals surface area contributed by atoms with E-state index < -0.39 is 46.7 Å². The number of ether oxygens (including phenoxy) is 2. The number of esters is 1. The third kappa shape index (κ3) is 8.84. The van der Waals surface area contributed by atoms with Crippen LogP contribution in [0.2, 0.25) is 0 Å². The molecular weight excluding hydrogens is 531 g/mol. The Bertz CT molecular complexity index is 1300. The molecule has 0 N–H and O–H groups in total. The van der Waals surface area contributed by atoms with Crippen LogP contribution >= 0.6 is 0 Å². The van der Waals surface area contributed by atoms with Crippen LogP contribution < -0.4 is 9.47 Å². The monoisotopic (exact) mass is 553 g/mol. The largest absolute Gasteiger partial charge is 0.493 e. The summed E-state index contributed by atoms with van der Waals surface area (Å²) in [6.45, 7) is 8.87. The Morgan fingerprint density at radius 3 is 1.92 bits per heavy atom. The smallest absolute Gasteiger partial charge is 0.422 e. The van der Waals surface area contributed by atoms with E-state index in [9.17, 15) is 35.5 Å². The van der Waals surface area contributed by atoms with E-state index >= 15 is 0 Å². The molecule has 0 bridgehead atoms. The van der Waals surface area contributed by atoms with Crippen molar-refractivity contribution in [1.82, 2.24) is 4.98 Å². The fraction of sp³-hybridized carbons (Fsp3) is 0.143. The molecule has 0 atom stereocenters. The zero-order chi connectivity index (χ0) is 29.2. The molecule has 0 unspecified atom stereocenters. The minimum absolute atomic E-state index is 0.0522. The number of benzene rings is 2. The van der Waals surface area contributed by atoms with Crippen LogP contribution in [0.4, 0.5) is 30.7 Å². The van der Waals surface area contributed by atoms with Crippen LogP contribution in [0.5, 0.6) is 11.5 Å². The summed E-state index contributed by atoms with van der Waals surface area (Å²) in [6.07, 6.45) is 2.29. The van der Waals surface area contributed by atoms with Crippen molar-refractivity contribution in [2.24, 2.45) is 0 Å². The molecule has 0 aliphatic heterocycles. The first-order valence-electron chi connectivity index (χ1n) is 11.2. The van der Waals surface area contributed by atoms with Gasteiger partial charge in [-0.25, -0.2) is 27.3 Å². The lowest BCUT2D eigenvalue weighted by atomic mass is 10.1. The minimum atomic E-state index is -5.27. The number of aromatic nitrogens is 1. The Kier molecular flexibility index (Phi) is 11.0. The minimum Gasteiger partial charge on any atom is -0.493 e. The Morgan fingerprint density at radius 2 is 1.46 bits per heavy atom. The van der Waals surface area contributed by atoms with Gasteiger partial charge in [-0.15, -0.1) is 0 Å². The van der Waals surface area contributed by atoms with Gasteiger partial charge in [0.1, 0.15) is 46.0 Å². The van der Waals surface area contributed by atoms with E-state index in [-0.39, 0.29) is 29.1 Å².